The number of halogens is 2. The van der Waals surface area contributed by atoms with E-state index in [-0.39, 0.29) is 11.7 Å². The number of rotatable bonds is 3. The fourth-order valence-corrected chi connectivity index (χ4v) is 3.13. The van der Waals surface area contributed by atoms with Gasteiger partial charge in [-0.15, -0.1) is 0 Å². The maximum Gasteiger partial charge on any atom is 0.219 e. The molecule has 0 aromatic heterocycles. The summed E-state index contributed by atoms with van der Waals surface area (Å²) in [4.78, 5) is 13.8. The molecule has 0 saturated carbocycles. The molecule has 0 saturated heterocycles. The van der Waals surface area contributed by atoms with Crippen LogP contribution in [-0.2, 0) is 10.5 Å². The minimum absolute atomic E-state index is 0.206. The highest BCUT2D eigenvalue weighted by Gasteiger charge is 2.39. The summed E-state index contributed by atoms with van der Waals surface area (Å²) in [6.45, 7) is 1.45. The van der Waals surface area contributed by atoms with E-state index in [0.717, 1.165) is 11.3 Å². The molecule has 24 heavy (non-hydrogen) atoms. The van der Waals surface area contributed by atoms with Gasteiger partial charge in [0.25, 0.3) is 0 Å². The second-order valence-corrected chi connectivity index (χ2v) is 5.88. The predicted molar refractivity (Wildman–Crippen MR) is 94.1 cm³/mol. The highest BCUT2D eigenvalue weighted by atomic mass is 35.5. The van der Waals surface area contributed by atoms with Gasteiger partial charge in [0.1, 0.15) is 5.82 Å². The average Bonchev–Trinajstić information content (AvgIpc) is 2.56. The molecular formula is C19H16ClFN2O. The van der Waals surface area contributed by atoms with E-state index in [1.54, 1.807) is 18.2 Å². The van der Waals surface area contributed by atoms with Gasteiger partial charge in [-0.05, 0) is 42.5 Å². The molecule has 0 spiro atoms. The second kappa shape index (κ2) is 6.49. The van der Waals surface area contributed by atoms with Crippen LogP contribution in [0.15, 0.2) is 73.0 Å². The molecule has 0 radical (unpaired) electrons. The summed E-state index contributed by atoms with van der Waals surface area (Å²) < 4.78 is 13.3. The van der Waals surface area contributed by atoms with Gasteiger partial charge in [0.15, 0.2) is 5.66 Å². The topological polar surface area (TPSA) is 32.3 Å². The normalized spacial score (nSPS) is 19.4. The third-order valence-electron chi connectivity index (χ3n) is 3.82. The third-order valence-corrected chi connectivity index (χ3v) is 4.15. The van der Waals surface area contributed by atoms with Gasteiger partial charge in [0.2, 0.25) is 5.91 Å². The lowest BCUT2D eigenvalue weighted by molar-refractivity contribution is -0.120. The van der Waals surface area contributed by atoms with E-state index in [2.05, 4.69) is 5.32 Å². The van der Waals surface area contributed by atoms with Crippen molar-refractivity contribution in [2.75, 3.05) is 4.90 Å². The zero-order valence-corrected chi connectivity index (χ0v) is 13.8. The zero-order valence-electron chi connectivity index (χ0n) is 13.0. The van der Waals surface area contributed by atoms with Crippen LogP contribution in [-0.4, -0.2) is 5.91 Å². The van der Waals surface area contributed by atoms with E-state index in [4.69, 9.17) is 11.6 Å². The third kappa shape index (κ3) is 2.93. The Morgan fingerprint density at radius 2 is 1.83 bits per heavy atom. The average molecular weight is 343 g/mol. The fourth-order valence-electron chi connectivity index (χ4n) is 2.85. The first kappa shape index (κ1) is 16.3. The van der Waals surface area contributed by atoms with Gasteiger partial charge in [-0.25, -0.2) is 4.39 Å². The molecule has 5 heteroatoms. The number of carbonyl (C=O) groups is 1. The van der Waals surface area contributed by atoms with Crippen molar-refractivity contribution in [2.24, 2.45) is 0 Å². The lowest BCUT2D eigenvalue weighted by Crippen LogP contribution is -2.55. The summed E-state index contributed by atoms with van der Waals surface area (Å²) in [5, 5.41) is 3.51. The Morgan fingerprint density at radius 3 is 2.50 bits per heavy atom. The van der Waals surface area contributed by atoms with E-state index in [9.17, 15) is 9.18 Å². The summed E-state index contributed by atoms with van der Waals surface area (Å²) >= 11 is 6.41. The van der Waals surface area contributed by atoms with Crippen LogP contribution in [0.1, 0.15) is 12.5 Å². The molecule has 2 aromatic carbocycles. The number of benzene rings is 2. The molecule has 0 bridgehead atoms. The first-order valence-electron chi connectivity index (χ1n) is 7.47. The monoisotopic (exact) mass is 342 g/mol. The Balaban J connectivity index is 2.19. The number of anilines is 1. The van der Waals surface area contributed by atoms with Gasteiger partial charge in [-0.2, -0.15) is 0 Å². The van der Waals surface area contributed by atoms with Crippen molar-refractivity contribution < 1.29 is 9.18 Å². The largest absolute Gasteiger partial charge is 0.326 e. The van der Waals surface area contributed by atoms with Crippen molar-refractivity contribution in [1.29, 1.82) is 0 Å². The standard InChI is InChI=1S/C19H16ClFN2O/c1-14(24)22-19(17-6-2-3-7-18(17)20)12-4-5-13-23(19)16-10-8-15(21)9-11-16/h2-13H,1H3,(H,22,24). The number of hydrogen-bond donors (Lipinski definition) is 1. The number of carbonyl (C=O) groups excluding carboxylic acids is 1. The van der Waals surface area contributed by atoms with E-state index < -0.39 is 5.66 Å². The van der Waals surface area contributed by atoms with Crippen LogP contribution in [0.4, 0.5) is 10.1 Å². The summed E-state index contributed by atoms with van der Waals surface area (Å²) in [5.74, 6) is -0.528. The Kier molecular flexibility index (Phi) is 4.40. The quantitative estimate of drug-likeness (QED) is 0.899. The highest BCUT2D eigenvalue weighted by molar-refractivity contribution is 6.31. The maximum atomic E-state index is 13.3. The van der Waals surface area contributed by atoms with E-state index >= 15 is 0 Å². The molecule has 1 N–H and O–H groups in total. The first-order valence-corrected chi connectivity index (χ1v) is 7.85. The van der Waals surface area contributed by atoms with Crippen LogP contribution in [0.2, 0.25) is 5.02 Å². The van der Waals surface area contributed by atoms with Crippen LogP contribution in [0.5, 0.6) is 0 Å². The SMILES string of the molecule is CC(=O)NC1(c2ccccc2Cl)C=CC=CN1c1ccc(F)cc1. The van der Waals surface area contributed by atoms with Gasteiger partial charge >= 0.3 is 0 Å². The lowest BCUT2D eigenvalue weighted by atomic mass is 9.93. The molecule has 1 atom stereocenters. The summed E-state index contributed by atoms with van der Waals surface area (Å²) in [6, 6.07) is 13.4. The van der Waals surface area contributed by atoms with Crippen molar-refractivity contribution in [1.82, 2.24) is 5.32 Å². The second-order valence-electron chi connectivity index (χ2n) is 5.47. The predicted octanol–water partition coefficient (Wildman–Crippen LogP) is 4.36. The van der Waals surface area contributed by atoms with Crippen molar-refractivity contribution in [3.63, 3.8) is 0 Å². The zero-order chi connectivity index (χ0) is 17.2. The first-order chi connectivity index (χ1) is 11.5. The highest BCUT2D eigenvalue weighted by Crippen LogP contribution is 2.38. The van der Waals surface area contributed by atoms with E-state index in [0.29, 0.717) is 5.02 Å². The van der Waals surface area contributed by atoms with Crippen LogP contribution in [0, 0.1) is 5.82 Å². The summed E-state index contributed by atoms with van der Waals surface area (Å²) in [5.41, 5.74) is 0.467. The summed E-state index contributed by atoms with van der Waals surface area (Å²) in [7, 11) is 0. The molecular weight excluding hydrogens is 327 g/mol. The molecule has 2 aromatic rings. The molecule has 0 aliphatic carbocycles. The Hall–Kier alpha value is -2.59. The number of amides is 1. The fraction of sp³-hybridized carbons (Fsp3) is 0.105. The van der Waals surface area contributed by atoms with Gasteiger partial charge in [-0.3, -0.25) is 4.79 Å². The Bertz CT molecular complexity index is 816. The lowest BCUT2D eigenvalue weighted by Gasteiger charge is -2.44. The molecule has 3 nitrogen and oxygen atoms in total. The van der Waals surface area contributed by atoms with Crippen LogP contribution in [0.25, 0.3) is 0 Å². The molecule has 122 valence electrons. The smallest absolute Gasteiger partial charge is 0.219 e. The van der Waals surface area contributed by atoms with E-state index in [1.165, 1.54) is 19.1 Å². The van der Waals surface area contributed by atoms with Gasteiger partial charge < -0.3 is 10.2 Å². The van der Waals surface area contributed by atoms with Crippen molar-refractivity contribution in [2.45, 2.75) is 12.6 Å². The van der Waals surface area contributed by atoms with Crippen LogP contribution >= 0.6 is 11.6 Å². The molecule has 1 aliphatic rings. The molecule has 1 amide bonds. The van der Waals surface area contributed by atoms with Gasteiger partial charge in [0.05, 0.1) is 0 Å². The molecule has 1 aliphatic heterocycles. The van der Waals surface area contributed by atoms with Crippen molar-refractivity contribution in [3.8, 4) is 0 Å². The van der Waals surface area contributed by atoms with Crippen LogP contribution in [0.3, 0.4) is 0 Å². The minimum atomic E-state index is -0.989. The Labute approximate surface area is 145 Å². The van der Waals surface area contributed by atoms with Crippen molar-refractivity contribution in [3.05, 3.63) is 89.4 Å². The Morgan fingerprint density at radius 1 is 1.12 bits per heavy atom. The molecule has 1 unspecified atom stereocenters. The minimum Gasteiger partial charge on any atom is -0.326 e. The van der Waals surface area contributed by atoms with E-state index in [1.807, 2.05) is 47.5 Å². The summed E-state index contributed by atoms with van der Waals surface area (Å²) in [6.07, 6.45) is 7.38. The number of allylic oxidation sites excluding steroid dienone is 2. The van der Waals surface area contributed by atoms with Crippen LogP contribution < -0.4 is 10.2 Å². The molecule has 0 fully saturated rings. The number of nitrogens with zero attached hydrogens (tertiary/aromatic N) is 1. The van der Waals surface area contributed by atoms with Gasteiger partial charge in [0, 0.05) is 29.4 Å². The number of hydrogen-bond acceptors (Lipinski definition) is 2. The molecule has 3 rings (SSSR count). The molecule has 1 heterocycles. The maximum absolute atomic E-state index is 13.3. The van der Waals surface area contributed by atoms with Crippen molar-refractivity contribution >= 4 is 23.2 Å². The number of nitrogens with one attached hydrogen (secondary N) is 1. The van der Waals surface area contributed by atoms with Gasteiger partial charge in [-0.1, -0.05) is 35.9 Å².